The Morgan fingerprint density at radius 3 is 2.38 bits per heavy atom. The minimum absolute atomic E-state index is 0.149. The predicted octanol–water partition coefficient (Wildman–Crippen LogP) is 4.51. The van der Waals surface area contributed by atoms with Gasteiger partial charge in [0.2, 0.25) is 5.91 Å². The number of thiophene rings is 1. The summed E-state index contributed by atoms with van der Waals surface area (Å²) in [6, 6.07) is 20.3. The summed E-state index contributed by atoms with van der Waals surface area (Å²) < 4.78 is 33.5. The molecule has 0 atom stereocenters. The van der Waals surface area contributed by atoms with Crippen molar-refractivity contribution in [2.75, 3.05) is 25.0 Å². The number of ether oxygens (including phenoxy) is 1. The molecule has 3 aromatic rings. The van der Waals surface area contributed by atoms with E-state index in [1.807, 2.05) is 61.5 Å². The Labute approximate surface area is 192 Å². The van der Waals surface area contributed by atoms with Crippen LogP contribution < -0.4 is 10.1 Å². The lowest BCUT2D eigenvalue weighted by molar-refractivity contribution is -0.123. The molecule has 1 aliphatic heterocycles. The van der Waals surface area contributed by atoms with Crippen molar-refractivity contribution < 1.29 is 17.9 Å². The van der Waals surface area contributed by atoms with Crippen molar-refractivity contribution in [3.05, 3.63) is 77.7 Å². The highest BCUT2D eigenvalue weighted by molar-refractivity contribution is 7.91. The molecule has 4 rings (SSSR count). The molecule has 8 heteroatoms. The zero-order chi connectivity index (χ0) is 22.6. The number of benzene rings is 2. The van der Waals surface area contributed by atoms with E-state index in [0.29, 0.717) is 35.1 Å². The number of nitrogens with zero attached hydrogens (tertiary/aromatic N) is 1. The maximum Gasteiger partial charge on any atom is 0.252 e. The van der Waals surface area contributed by atoms with Crippen LogP contribution in [-0.2, 0) is 20.2 Å². The van der Waals surface area contributed by atoms with E-state index in [9.17, 15) is 13.2 Å². The van der Waals surface area contributed by atoms with Gasteiger partial charge in [-0.3, -0.25) is 4.79 Å². The van der Waals surface area contributed by atoms with E-state index in [1.54, 1.807) is 17.5 Å². The van der Waals surface area contributed by atoms with E-state index in [-0.39, 0.29) is 19.0 Å². The van der Waals surface area contributed by atoms with Crippen molar-refractivity contribution >= 4 is 33.0 Å². The van der Waals surface area contributed by atoms with Gasteiger partial charge in [-0.15, -0.1) is 11.3 Å². The average molecular weight is 471 g/mol. The Morgan fingerprint density at radius 2 is 1.72 bits per heavy atom. The highest BCUT2D eigenvalue weighted by atomic mass is 32.2. The number of carbonyl (C=O) groups excluding carboxylic acids is 1. The maximum atomic E-state index is 13.7. The largest absolute Gasteiger partial charge is 0.492 e. The third-order valence-electron chi connectivity index (χ3n) is 5.86. The summed E-state index contributed by atoms with van der Waals surface area (Å²) >= 11 is 1.21. The van der Waals surface area contributed by atoms with Gasteiger partial charge in [-0.05, 0) is 48.9 Å². The Kier molecular flexibility index (Phi) is 6.64. The summed E-state index contributed by atoms with van der Waals surface area (Å²) in [5.74, 6) is 0.466. The molecule has 2 heterocycles. The zero-order valence-electron chi connectivity index (χ0n) is 17.9. The highest BCUT2D eigenvalue weighted by Gasteiger charge is 2.45. The quantitative estimate of drug-likeness (QED) is 0.551. The predicted molar refractivity (Wildman–Crippen MR) is 127 cm³/mol. The second-order valence-electron chi connectivity index (χ2n) is 7.67. The molecular weight excluding hydrogens is 444 g/mol. The van der Waals surface area contributed by atoms with Crippen molar-refractivity contribution in [3.63, 3.8) is 0 Å². The number of hydrogen-bond acceptors (Lipinski definition) is 5. The van der Waals surface area contributed by atoms with Crippen LogP contribution in [0.15, 0.2) is 76.3 Å². The second kappa shape index (κ2) is 9.44. The lowest BCUT2D eigenvalue weighted by Gasteiger charge is -2.40. The van der Waals surface area contributed by atoms with Crippen LogP contribution in [-0.4, -0.2) is 38.3 Å². The molecule has 1 N–H and O–H groups in total. The van der Waals surface area contributed by atoms with Crippen molar-refractivity contribution in [2.24, 2.45) is 0 Å². The van der Waals surface area contributed by atoms with Crippen LogP contribution in [0.3, 0.4) is 0 Å². The summed E-state index contributed by atoms with van der Waals surface area (Å²) in [5.41, 5.74) is 0.671. The fourth-order valence-corrected chi connectivity index (χ4v) is 6.73. The maximum absolute atomic E-state index is 13.7. The molecule has 168 valence electrons. The van der Waals surface area contributed by atoms with Gasteiger partial charge in [0, 0.05) is 13.1 Å². The number of nitrogens with one attached hydrogen (secondary N) is 1. The summed E-state index contributed by atoms with van der Waals surface area (Å²) in [7, 11) is -3.55. The first-order valence-electron chi connectivity index (χ1n) is 10.6. The van der Waals surface area contributed by atoms with Gasteiger partial charge >= 0.3 is 0 Å². The molecule has 0 bridgehead atoms. The molecule has 0 saturated carbocycles. The standard InChI is InChI=1S/C24H26N2O4S2/c1-2-30-21-12-7-6-11-20(21)25-23(27)24(19-9-4-3-5-10-19)14-16-26(17-15-24)32(28,29)22-13-8-18-31-22/h3-13,18H,2,14-17H2,1H3,(H,25,27). The topological polar surface area (TPSA) is 75.7 Å². The van der Waals surface area contributed by atoms with E-state index < -0.39 is 15.4 Å². The number of anilines is 1. The van der Waals surface area contributed by atoms with Gasteiger partial charge in [-0.1, -0.05) is 48.5 Å². The molecule has 1 amide bonds. The fraction of sp³-hybridized carbons (Fsp3) is 0.292. The number of para-hydroxylation sites is 2. The number of sulfonamides is 1. The van der Waals surface area contributed by atoms with Crippen LogP contribution in [0.25, 0.3) is 0 Å². The third-order valence-corrected chi connectivity index (χ3v) is 9.13. The van der Waals surface area contributed by atoms with Crippen LogP contribution in [0.5, 0.6) is 5.75 Å². The number of hydrogen-bond donors (Lipinski definition) is 1. The lowest BCUT2D eigenvalue weighted by atomic mass is 9.72. The Bertz CT molecular complexity index is 1150. The molecule has 1 aliphatic rings. The average Bonchev–Trinajstić information content (AvgIpc) is 3.37. The first-order valence-corrected chi connectivity index (χ1v) is 12.9. The smallest absolute Gasteiger partial charge is 0.252 e. The van der Waals surface area contributed by atoms with Crippen molar-refractivity contribution in [1.82, 2.24) is 4.31 Å². The van der Waals surface area contributed by atoms with Gasteiger partial charge in [0.1, 0.15) is 9.96 Å². The minimum Gasteiger partial charge on any atom is -0.492 e. The molecule has 1 fully saturated rings. The highest BCUT2D eigenvalue weighted by Crippen LogP contribution is 2.39. The van der Waals surface area contributed by atoms with E-state index in [0.717, 1.165) is 5.56 Å². The molecule has 0 spiro atoms. The van der Waals surface area contributed by atoms with E-state index in [4.69, 9.17) is 4.74 Å². The molecule has 6 nitrogen and oxygen atoms in total. The summed E-state index contributed by atoms with van der Waals surface area (Å²) in [5, 5.41) is 4.81. The monoisotopic (exact) mass is 470 g/mol. The van der Waals surface area contributed by atoms with Gasteiger partial charge in [-0.2, -0.15) is 4.31 Å². The SMILES string of the molecule is CCOc1ccccc1NC(=O)C1(c2ccccc2)CCN(S(=O)(=O)c2cccs2)CC1. The first-order chi connectivity index (χ1) is 15.5. The lowest BCUT2D eigenvalue weighted by Crippen LogP contribution is -2.50. The van der Waals surface area contributed by atoms with Crippen LogP contribution in [0.1, 0.15) is 25.3 Å². The molecule has 1 saturated heterocycles. The van der Waals surface area contributed by atoms with Gasteiger partial charge in [0.05, 0.1) is 17.7 Å². The van der Waals surface area contributed by atoms with Crippen molar-refractivity contribution in [1.29, 1.82) is 0 Å². The van der Waals surface area contributed by atoms with E-state index >= 15 is 0 Å². The van der Waals surface area contributed by atoms with Crippen LogP contribution in [0.2, 0.25) is 0 Å². The summed E-state index contributed by atoms with van der Waals surface area (Å²) in [6.07, 6.45) is 0.786. The molecule has 32 heavy (non-hydrogen) atoms. The zero-order valence-corrected chi connectivity index (χ0v) is 19.5. The van der Waals surface area contributed by atoms with Crippen LogP contribution >= 0.6 is 11.3 Å². The Balaban J connectivity index is 1.62. The fourth-order valence-electron chi connectivity index (χ4n) is 4.14. The van der Waals surface area contributed by atoms with Gasteiger partial charge < -0.3 is 10.1 Å². The number of carbonyl (C=O) groups is 1. The number of rotatable bonds is 7. The Hall–Kier alpha value is -2.68. The van der Waals surface area contributed by atoms with E-state index in [1.165, 1.54) is 15.6 Å². The third kappa shape index (κ3) is 4.30. The van der Waals surface area contributed by atoms with Crippen LogP contribution in [0, 0.1) is 0 Å². The summed E-state index contributed by atoms with van der Waals surface area (Å²) in [6.45, 7) is 2.94. The van der Waals surface area contributed by atoms with Crippen LogP contribution in [0.4, 0.5) is 5.69 Å². The van der Waals surface area contributed by atoms with Gasteiger partial charge in [-0.25, -0.2) is 8.42 Å². The van der Waals surface area contributed by atoms with Gasteiger partial charge in [0.25, 0.3) is 10.0 Å². The first kappa shape index (κ1) is 22.5. The number of piperidine rings is 1. The molecule has 0 radical (unpaired) electrons. The number of amides is 1. The second-order valence-corrected chi connectivity index (χ2v) is 10.8. The molecule has 2 aromatic carbocycles. The van der Waals surface area contributed by atoms with Gasteiger partial charge in [0.15, 0.2) is 0 Å². The van der Waals surface area contributed by atoms with Crippen molar-refractivity contribution in [3.8, 4) is 5.75 Å². The minimum atomic E-state index is -3.55. The Morgan fingerprint density at radius 1 is 1.03 bits per heavy atom. The van der Waals surface area contributed by atoms with E-state index in [2.05, 4.69) is 5.32 Å². The molecular formula is C24H26N2O4S2. The van der Waals surface area contributed by atoms with Crippen molar-refractivity contribution in [2.45, 2.75) is 29.4 Å². The normalized spacial score (nSPS) is 16.4. The molecule has 0 unspecified atom stereocenters. The molecule has 1 aromatic heterocycles. The summed E-state index contributed by atoms with van der Waals surface area (Å²) in [4.78, 5) is 13.7. The molecule has 0 aliphatic carbocycles.